The molecule has 0 aliphatic heterocycles. The molecule has 1 unspecified atom stereocenters. The highest BCUT2D eigenvalue weighted by Crippen LogP contribution is 2.47. The van der Waals surface area contributed by atoms with Gasteiger partial charge < -0.3 is 4.52 Å². The summed E-state index contributed by atoms with van der Waals surface area (Å²) in [5, 5.41) is 3.17. The zero-order valence-corrected chi connectivity index (χ0v) is 13.9. The molecule has 2 aromatic carbocycles. The molecule has 0 fully saturated rings. The molecule has 114 valence electrons. The summed E-state index contributed by atoms with van der Waals surface area (Å²) in [6, 6.07) is 14.2. The standard InChI is InChI=1S/C18H25O2P/c1-3-5-13-20-21(19,14-6-4-2)18-12-11-16-9-7-8-10-17(16)15-18/h7-12,15H,3-6,13-14H2,1-2H3. The Bertz CT molecular complexity index is 621. The fourth-order valence-corrected chi connectivity index (χ4v) is 4.71. The molecule has 0 spiro atoms. The molecule has 0 aliphatic rings. The lowest BCUT2D eigenvalue weighted by atomic mass is 10.1. The minimum absolute atomic E-state index is 0.588. The van der Waals surface area contributed by atoms with Crippen LogP contribution in [0.5, 0.6) is 0 Å². The molecular formula is C18H25O2P. The van der Waals surface area contributed by atoms with Gasteiger partial charge in [0.25, 0.3) is 0 Å². The van der Waals surface area contributed by atoms with E-state index >= 15 is 0 Å². The van der Waals surface area contributed by atoms with Gasteiger partial charge in [0.15, 0.2) is 0 Å². The Kier molecular flexibility index (Phi) is 6.02. The Morgan fingerprint density at radius 2 is 1.67 bits per heavy atom. The number of rotatable bonds is 8. The molecule has 0 saturated carbocycles. The average Bonchev–Trinajstić information content (AvgIpc) is 2.53. The van der Waals surface area contributed by atoms with Crippen LogP contribution >= 0.6 is 7.37 Å². The van der Waals surface area contributed by atoms with Crippen LogP contribution in [0.15, 0.2) is 42.5 Å². The van der Waals surface area contributed by atoms with Gasteiger partial charge in [0.2, 0.25) is 7.37 Å². The van der Waals surface area contributed by atoms with Crippen molar-refractivity contribution in [2.75, 3.05) is 12.8 Å². The lowest BCUT2D eigenvalue weighted by molar-refractivity contribution is 0.312. The summed E-state index contributed by atoms with van der Waals surface area (Å²) in [6.45, 7) is 4.83. The van der Waals surface area contributed by atoms with Gasteiger partial charge >= 0.3 is 0 Å². The summed E-state index contributed by atoms with van der Waals surface area (Å²) < 4.78 is 19.1. The van der Waals surface area contributed by atoms with E-state index < -0.39 is 7.37 Å². The van der Waals surface area contributed by atoms with Gasteiger partial charge in [0.05, 0.1) is 6.61 Å². The smallest absolute Gasteiger partial charge is 0.232 e. The minimum Gasteiger partial charge on any atom is -0.325 e. The van der Waals surface area contributed by atoms with Gasteiger partial charge in [-0.05, 0) is 35.7 Å². The summed E-state index contributed by atoms with van der Waals surface area (Å²) in [5.74, 6) is 0. The maximum atomic E-state index is 13.3. The van der Waals surface area contributed by atoms with E-state index in [-0.39, 0.29) is 0 Å². The van der Waals surface area contributed by atoms with Crippen molar-refractivity contribution in [2.24, 2.45) is 0 Å². The lowest BCUT2D eigenvalue weighted by Crippen LogP contribution is -2.11. The van der Waals surface area contributed by atoms with Crippen molar-refractivity contribution >= 4 is 23.4 Å². The first-order chi connectivity index (χ1) is 10.2. The number of hydrogen-bond donors (Lipinski definition) is 0. The average molecular weight is 304 g/mol. The monoisotopic (exact) mass is 304 g/mol. The Morgan fingerprint density at radius 1 is 0.952 bits per heavy atom. The molecule has 21 heavy (non-hydrogen) atoms. The summed E-state index contributed by atoms with van der Waals surface area (Å²) in [4.78, 5) is 0. The Hall–Kier alpha value is -1.11. The number of hydrogen-bond acceptors (Lipinski definition) is 2. The zero-order valence-electron chi connectivity index (χ0n) is 13.0. The maximum Gasteiger partial charge on any atom is 0.232 e. The molecule has 0 aromatic heterocycles. The van der Waals surface area contributed by atoms with Gasteiger partial charge in [-0.1, -0.05) is 57.0 Å². The molecular weight excluding hydrogens is 279 g/mol. The lowest BCUT2D eigenvalue weighted by Gasteiger charge is -2.19. The van der Waals surface area contributed by atoms with E-state index in [0.29, 0.717) is 12.8 Å². The van der Waals surface area contributed by atoms with E-state index in [1.807, 2.05) is 30.3 Å². The summed E-state index contributed by atoms with van der Waals surface area (Å²) in [6.07, 6.45) is 4.64. The second kappa shape index (κ2) is 7.77. The third-order valence-electron chi connectivity index (χ3n) is 3.73. The first-order valence-electron chi connectivity index (χ1n) is 7.92. The van der Waals surface area contributed by atoms with Crippen LogP contribution in [-0.2, 0) is 9.09 Å². The Balaban J connectivity index is 2.30. The van der Waals surface area contributed by atoms with Gasteiger partial charge in [-0.3, -0.25) is 4.57 Å². The summed E-state index contributed by atoms with van der Waals surface area (Å²) >= 11 is 0. The molecule has 0 bridgehead atoms. The molecule has 2 nitrogen and oxygen atoms in total. The van der Waals surface area contributed by atoms with Crippen LogP contribution in [0.25, 0.3) is 10.8 Å². The van der Waals surface area contributed by atoms with Crippen molar-refractivity contribution in [3.05, 3.63) is 42.5 Å². The van der Waals surface area contributed by atoms with Gasteiger partial charge in [-0.2, -0.15) is 0 Å². The highest BCUT2D eigenvalue weighted by atomic mass is 31.2. The van der Waals surface area contributed by atoms with Gasteiger partial charge in [-0.15, -0.1) is 0 Å². The van der Waals surface area contributed by atoms with Crippen molar-refractivity contribution in [2.45, 2.75) is 39.5 Å². The third-order valence-corrected chi connectivity index (χ3v) is 6.30. The van der Waals surface area contributed by atoms with E-state index in [0.717, 1.165) is 36.4 Å². The zero-order chi connectivity index (χ0) is 15.1. The van der Waals surface area contributed by atoms with E-state index in [4.69, 9.17) is 4.52 Å². The van der Waals surface area contributed by atoms with E-state index in [1.54, 1.807) is 0 Å². The normalized spacial score (nSPS) is 14.2. The molecule has 2 aromatic rings. The second-order valence-electron chi connectivity index (χ2n) is 5.47. The van der Waals surface area contributed by atoms with E-state index in [9.17, 15) is 4.57 Å². The maximum absolute atomic E-state index is 13.3. The second-order valence-corrected chi connectivity index (χ2v) is 8.04. The van der Waals surface area contributed by atoms with Gasteiger partial charge in [-0.25, -0.2) is 0 Å². The predicted molar refractivity (Wildman–Crippen MR) is 91.8 cm³/mol. The predicted octanol–water partition coefficient (Wildman–Crippen LogP) is 5.36. The van der Waals surface area contributed by atoms with Crippen molar-refractivity contribution in [1.29, 1.82) is 0 Å². The van der Waals surface area contributed by atoms with Crippen LogP contribution in [0.4, 0.5) is 0 Å². The Labute approximate surface area is 128 Å². The highest BCUT2D eigenvalue weighted by molar-refractivity contribution is 7.67. The van der Waals surface area contributed by atoms with Crippen LogP contribution in [-0.4, -0.2) is 12.8 Å². The summed E-state index contributed by atoms with van der Waals surface area (Å²) in [7, 11) is -2.72. The molecule has 1 atom stereocenters. The molecule has 0 radical (unpaired) electrons. The van der Waals surface area contributed by atoms with E-state index in [1.165, 1.54) is 5.39 Å². The highest BCUT2D eigenvalue weighted by Gasteiger charge is 2.25. The van der Waals surface area contributed by atoms with Crippen molar-refractivity contribution in [3.63, 3.8) is 0 Å². The topological polar surface area (TPSA) is 26.3 Å². The van der Waals surface area contributed by atoms with Crippen LogP contribution in [0.3, 0.4) is 0 Å². The number of unbranched alkanes of at least 4 members (excludes halogenated alkanes) is 2. The molecule has 2 rings (SSSR count). The number of fused-ring (bicyclic) bond motifs is 1. The fourth-order valence-electron chi connectivity index (χ4n) is 2.38. The van der Waals surface area contributed by atoms with Crippen molar-refractivity contribution in [1.82, 2.24) is 0 Å². The first-order valence-corrected chi connectivity index (χ1v) is 9.73. The quantitative estimate of drug-likeness (QED) is 0.485. The van der Waals surface area contributed by atoms with Crippen LogP contribution < -0.4 is 5.30 Å². The number of benzene rings is 2. The molecule has 3 heteroatoms. The molecule has 0 N–H and O–H groups in total. The Morgan fingerprint density at radius 3 is 2.38 bits per heavy atom. The minimum atomic E-state index is -2.72. The fraction of sp³-hybridized carbons (Fsp3) is 0.444. The SMILES string of the molecule is CCCCOP(=O)(CCCC)c1ccc2ccccc2c1. The third kappa shape index (κ3) is 4.18. The molecule has 0 aliphatic carbocycles. The van der Waals surface area contributed by atoms with Gasteiger partial charge in [0, 0.05) is 11.5 Å². The van der Waals surface area contributed by atoms with Crippen molar-refractivity contribution < 1.29 is 9.09 Å². The molecule has 0 amide bonds. The largest absolute Gasteiger partial charge is 0.325 e. The van der Waals surface area contributed by atoms with Crippen LogP contribution in [0.2, 0.25) is 0 Å². The van der Waals surface area contributed by atoms with Crippen molar-refractivity contribution in [3.8, 4) is 0 Å². The van der Waals surface area contributed by atoms with E-state index in [2.05, 4.69) is 26.0 Å². The molecule has 0 saturated heterocycles. The summed E-state index contributed by atoms with van der Waals surface area (Å²) in [5.41, 5.74) is 0. The van der Waals surface area contributed by atoms with Gasteiger partial charge in [0.1, 0.15) is 0 Å². The van der Waals surface area contributed by atoms with Crippen LogP contribution in [0, 0.1) is 0 Å². The van der Waals surface area contributed by atoms with Crippen LogP contribution in [0.1, 0.15) is 39.5 Å². The first kappa shape index (κ1) is 16.3. The molecule has 0 heterocycles.